The Morgan fingerprint density at radius 3 is 2.56 bits per heavy atom. The molecule has 4 heteroatoms. The highest BCUT2D eigenvalue weighted by Crippen LogP contribution is 2.26. The topological polar surface area (TPSA) is 50.8 Å². The fraction of sp³-hybridized carbons (Fsp3) is 0.0476. The third kappa shape index (κ3) is 2.73. The SMILES string of the molecule is COc1ccc(-c2cccc(-n3cnc4ccc(C#N)cc43)c2)cc1. The molecule has 0 unspecified atom stereocenters. The van der Waals surface area contributed by atoms with Gasteiger partial charge in [0.15, 0.2) is 0 Å². The van der Waals surface area contributed by atoms with Crippen LogP contribution >= 0.6 is 0 Å². The Labute approximate surface area is 145 Å². The summed E-state index contributed by atoms with van der Waals surface area (Å²) in [5.41, 5.74) is 5.65. The number of aromatic nitrogens is 2. The van der Waals surface area contributed by atoms with Crippen molar-refractivity contribution in [3.8, 4) is 28.6 Å². The van der Waals surface area contributed by atoms with Crippen molar-refractivity contribution in [1.82, 2.24) is 9.55 Å². The van der Waals surface area contributed by atoms with Crippen molar-refractivity contribution in [3.63, 3.8) is 0 Å². The van der Waals surface area contributed by atoms with Gasteiger partial charge in [0.25, 0.3) is 0 Å². The van der Waals surface area contributed by atoms with Crippen LogP contribution in [0.2, 0.25) is 0 Å². The summed E-state index contributed by atoms with van der Waals surface area (Å²) in [5.74, 6) is 0.838. The van der Waals surface area contributed by atoms with E-state index in [1.54, 1.807) is 19.5 Å². The van der Waals surface area contributed by atoms with Gasteiger partial charge in [-0.1, -0.05) is 24.3 Å². The second kappa shape index (κ2) is 6.14. The van der Waals surface area contributed by atoms with Crippen molar-refractivity contribution in [2.24, 2.45) is 0 Å². The number of nitriles is 1. The van der Waals surface area contributed by atoms with Crippen LogP contribution in [0.25, 0.3) is 27.8 Å². The first-order valence-electron chi connectivity index (χ1n) is 7.90. The van der Waals surface area contributed by atoms with Crippen LogP contribution in [0, 0.1) is 11.3 Å². The molecule has 1 heterocycles. The minimum absolute atomic E-state index is 0.626. The molecule has 0 radical (unpaired) electrons. The van der Waals surface area contributed by atoms with Crippen LogP contribution in [-0.2, 0) is 0 Å². The van der Waals surface area contributed by atoms with E-state index in [4.69, 9.17) is 10.00 Å². The van der Waals surface area contributed by atoms with Crippen LogP contribution in [-0.4, -0.2) is 16.7 Å². The molecule has 0 aliphatic heterocycles. The van der Waals surface area contributed by atoms with Gasteiger partial charge < -0.3 is 4.74 Å². The van der Waals surface area contributed by atoms with Gasteiger partial charge in [0, 0.05) is 5.69 Å². The van der Waals surface area contributed by atoms with Gasteiger partial charge in [0.05, 0.1) is 29.8 Å². The Kier molecular flexibility index (Phi) is 3.68. The highest BCUT2D eigenvalue weighted by molar-refractivity contribution is 5.79. The number of imidazole rings is 1. The summed E-state index contributed by atoms with van der Waals surface area (Å²) >= 11 is 0. The average molecular weight is 325 g/mol. The molecular formula is C21H15N3O. The summed E-state index contributed by atoms with van der Waals surface area (Å²) in [6.45, 7) is 0. The lowest BCUT2D eigenvalue weighted by Gasteiger charge is -2.08. The quantitative estimate of drug-likeness (QED) is 0.554. The maximum absolute atomic E-state index is 9.14. The molecule has 0 aliphatic rings. The van der Waals surface area contributed by atoms with E-state index < -0.39 is 0 Å². The molecule has 0 atom stereocenters. The molecule has 4 rings (SSSR count). The predicted molar refractivity (Wildman–Crippen MR) is 97.8 cm³/mol. The first-order valence-corrected chi connectivity index (χ1v) is 7.90. The Morgan fingerprint density at radius 1 is 0.960 bits per heavy atom. The molecule has 0 saturated carbocycles. The molecule has 4 nitrogen and oxygen atoms in total. The van der Waals surface area contributed by atoms with E-state index in [-0.39, 0.29) is 0 Å². The molecular weight excluding hydrogens is 310 g/mol. The normalized spacial score (nSPS) is 10.6. The van der Waals surface area contributed by atoms with E-state index in [1.807, 2.05) is 53.1 Å². The monoisotopic (exact) mass is 325 g/mol. The highest BCUT2D eigenvalue weighted by atomic mass is 16.5. The first kappa shape index (κ1) is 15.0. The van der Waals surface area contributed by atoms with E-state index in [0.717, 1.165) is 33.6 Å². The summed E-state index contributed by atoms with van der Waals surface area (Å²) in [6, 6.07) is 23.9. The zero-order valence-corrected chi connectivity index (χ0v) is 13.7. The van der Waals surface area contributed by atoms with E-state index >= 15 is 0 Å². The summed E-state index contributed by atoms with van der Waals surface area (Å²) in [7, 11) is 1.66. The van der Waals surface area contributed by atoms with Gasteiger partial charge in [-0.15, -0.1) is 0 Å². The summed E-state index contributed by atoms with van der Waals surface area (Å²) in [5, 5.41) is 9.14. The molecule has 0 amide bonds. The molecule has 120 valence electrons. The zero-order chi connectivity index (χ0) is 17.2. The number of methoxy groups -OCH3 is 1. The molecule has 0 fully saturated rings. The van der Waals surface area contributed by atoms with Gasteiger partial charge >= 0.3 is 0 Å². The van der Waals surface area contributed by atoms with Gasteiger partial charge in [0.2, 0.25) is 0 Å². The van der Waals surface area contributed by atoms with E-state index in [2.05, 4.69) is 23.2 Å². The Balaban J connectivity index is 1.80. The lowest BCUT2D eigenvalue weighted by Crippen LogP contribution is -1.93. The summed E-state index contributed by atoms with van der Waals surface area (Å²) < 4.78 is 7.22. The van der Waals surface area contributed by atoms with Crippen molar-refractivity contribution in [1.29, 1.82) is 5.26 Å². The lowest BCUT2D eigenvalue weighted by atomic mass is 10.0. The smallest absolute Gasteiger partial charge is 0.118 e. The third-order valence-corrected chi connectivity index (χ3v) is 4.22. The number of hydrogen-bond donors (Lipinski definition) is 0. The largest absolute Gasteiger partial charge is 0.497 e. The average Bonchev–Trinajstić information content (AvgIpc) is 3.11. The fourth-order valence-corrected chi connectivity index (χ4v) is 2.90. The standard InChI is InChI=1S/C21H15N3O/c1-25-19-8-6-16(7-9-19)17-3-2-4-18(12-17)24-14-23-20-10-5-15(13-22)11-21(20)24/h2-12,14H,1H3. The highest BCUT2D eigenvalue weighted by Gasteiger charge is 2.07. The van der Waals surface area contributed by atoms with Crippen molar-refractivity contribution in [2.75, 3.05) is 7.11 Å². The lowest BCUT2D eigenvalue weighted by molar-refractivity contribution is 0.415. The molecule has 25 heavy (non-hydrogen) atoms. The molecule has 4 aromatic rings. The molecule has 1 aromatic heterocycles. The Hall–Kier alpha value is -3.58. The number of ether oxygens (including phenoxy) is 1. The number of benzene rings is 3. The summed E-state index contributed by atoms with van der Waals surface area (Å²) in [4.78, 5) is 4.43. The van der Waals surface area contributed by atoms with Crippen LogP contribution < -0.4 is 4.74 Å². The maximum atomic E-state index is 9.14. The molecule has 0 bridgehead atoms. The molecule has 0 N–H and O–H groups in total. The second-order valence-corrected chi connectivity index (χ2v) is 5.71. The predicted octanol–water partition coefficient (Wildman–Crippen LogP) is 4.57. The van der Waals surface area contributed by atoms with Crippen molar-refractivity contribution in [3.05, 3.63) is 78.6 Å². The first-order chi connectivity index (χ1) is 12.3. The minimum Gasteiger partial charge on any atom is -0.497 e. The number of rotatable bonds is 3. The van der Waals surface area contributed by atoms with Gasteiger partial charge in [-0.2, -0.15) is 5.26 Å². The molecule has 3 aromatic carbocycles. The van der Waals surface area contributed by atoms with Crippen LogP contribution in [0.4, 0.5) is 0 Å². The van der Waals surface area contributed by atoms with Crippen LogP contribution in [0.3, 0.4) is 0 Å². The summed E-state index contributed by atoms with van der Waals surface area (Å²) in [6.07, 6.45) is 1.79. The number of hydrogen-bond acceptors (Lipinski definition) is 3. The van der Waals surface area contributed by atoms with Crippen molar-refractivity contribution < 1.29 is 4.74 Å². The maximum Gasteiger partial charge on any atom is 0.118 e. The van der Waals surface area contributed by atoms with Crippen LogP contribution in [0.15, 0.2) is 73.1 Å². The third-order valence-electron chi connectivity index (χ3n) is 4.22. The van der Waals surface area contributed by atoms with Crippen molar-refractivity contribution in [2.45, 2.75) is 0 Å². The second-order valence-electron chi connectivity index (χ2n) is 5.71. The number of nitrogens with zero attached hydrogens (tertiary/aromatic N) is 3. The molecule has 0 aliphatic carbocycles. The van der Waals surface area contributed by atoms with E-state index in [0.29, 0.717) is 5.56 Å². The van der Waals surface area contributed by atoms with Crippen LogP contribution in [0.1, 0.15) is 5.56 Å². The number of fused-ring (bicyclic) bond motifs is 1. The van der Waals surface area contributed by atoms with Crippen LogP contribution in [0.5, 0.6) is 5.75 Å². The minimum atomic E-state index is 0.626. The molecule has 0 saturated heterocycles. The zero-order valence-electron chi connectivity index (χ0n) is 13.7. The Bertz CT molecular complexity index is 1090. The Morgan fingerprint density at radius 2 is 1.80 bits per heavy atom. The van der Waals surface area contributed by atoms with E-state index in [9.17, 15) is 0 Å². The van der Waals surface area contributed by atoms with Gasteiger partial charge in [0.1, 0.15) is 12.1 Å². The van der Waals surface area contributed by atoms with E-state index in [1.165, 1.54) is 0 Å². The van der Waals surface area contributed by atoms with Gasteiger partial charge in [-0.25, -0.2) is 4.98 Å². The van der Waals surface area contributed by atoms with Gasteiger partial charge in [-0.3, -0.25) is 4.57 Å². The van der Waals surface area contributed by atoms with Gasteiger partial charge in [-0.05, 0) is 53.6 Å². The fourth-order valence-electron chi connectivity index (χ4n) is 2.90. The molecule has 0 spiro atoms. The van der Waals surface area contributed by atoms with Crippen molar-refractivity contribution >= 4 is 11.0 Å².